The second-order valence-electron chi connectivity index (χ2n) is 4.34. The Kier molecular flexibility index (Phi) is 4.10. The molecule has 14 heavy (non-hydrogen) atoms. The molecule has 0 aromatic rings. The molecule has 2 fully saturated rings. The van der Waals surface area contributed by atoms with E-state index in [1.807, 2.05) is 0 Å². The standard InChI is InChI=1S/C10H21N3S/c14-13-9-7-12(8-10-13)6-5-11-3-1-2-4-11/h14H,1-10H2. The summed E-state index contributed by atoms with van der Waals surface area (Å²) in [7, 11) is 0. The highest BCUT2D eigenvalue weighted by atomic mass is 32.1. The molecule has 0 atom stereocenters. The van der Waals surface area contributed by atoms with Crippen molar-refractivity contribution in [1.29, 1.82) is 0 Å². The minimum atomic E-state index is 1.11. The Morgan fingerprint density at radius 3 is 1.79 bits per heavy atom. The van der Waals surface area contributed by atoms with Gasteiger partial charge in [0.1, 0.15) is 0 Å². The number of hydrogen-bond donors (Lipinski definition) is 1. The van der Waals surface area contributed by atoms with Crippen molar-refractivity contribution in [3.8, 4) is 0 Å². The van der Waals surface area contributed by atoms with Gasteiger partial charge in [0, 0.05) is 39.3 Å². The second kappa shape index (κ2) is 5.35. The molecule has 2 saturated heterocycles. The third-order valence-electron chi connectivity index (χ3n) is 3.28. The Hall–Kier alpha value is 0.230. The van der Waals surface area contributed by atoms with Crippen LogP contribution in [0.1, 0.15) is 12.8 Å². The molecule has 82 valence electrons. The molecule has 0 spiro atoms. The van der Waals surface area contributed by atoms with Crippen LogP contribution in [0.4, 0.5) is 0 Å². The topological polar surface area (TPSA) is 9.72 Å². The SMILES string of the molecule is SN1CCN(CCN2CCCC2)CC1. The minimum Gasteiger partial charge on any atom is -0.302 e. The normalized spacial score (nSPS) is 27.2. The first kappa shape index (κ1) is 10.7. The van der Waals surface area contributed by atoms with Gasteiger partial charge < -0.3 is 4.90 Å². The van der Waals surface area contributed by atoms with Crippen LogP contribution in [0.3, 0.4) is 0 Å². The molecule has 3 nitrogen and oxygen atoms in total. The molecule has 0 N–H and O–H groups in total. The average molecular weight is 215 g/mol. The first-order chi connectivity index (χ1) is 6.84. The first-order valence-corrected chi connectivity index (χ1v) is 6.13. The van der Waals surface area contributed by atoms with Gasteiger partial charge in [-0.1, -0.05) is 12.8 Å². The van der Waals surface area contributed by atoms with E-state index < -0.39 is 0 Å². The predicted octanol–water partition coefficient (Wildman–Crippen LogP) is 0.545. The Morgan fingerprint density at radius 2 is 1.21 bits per heavy atom. The highest BCUT2D eigenvalue weighted by molar-refractivity contribution is 7.77. The van der Waals surface area contributed by atoms with Gasteiger partial charge in [-0.05, 0) is 25.9 Å². The van der Waals surface area contributed by atoms with Crippen LogP contribution in [0.5, 0.6) is 0 Å². The molecule has 4 heteroatoms. The molecule has 0 bridgehead atoms. The van der Waals surface area contributed by atoms with E-state index in [9.17, 15) is 0 Å². The molecule has 0 unspecified atom stereocenters. The van der Waals surface area contributed by atoms with Crippen molar-refractivity contribution in [3.63, 3.8) is 0 Å². The van der Waals surface area contributed by atoms with Gasteiger partial charge in [0.25, 0.3) is 0 Å². The maximum absolute atomic E-state index is 4.35. The monoisotopic (exact) mass is 215 g/mol. The van der Waals surface area contributed by atoms with Gasteiger partial charge in [-0.25, -0.2) is 0 Å². The van der Waals surface area contributed by atoms with E-state index in [4.69, 9.17) is 0 Å². The number of thiol groups is 1. The number of rotatable bonds is 3. The summed E-state index contributed by atoms with van der Waals surface area (Å²) in [5, 5.41) is 0. The Morgan fingerprint density at radius 1 is 0.714 bits per heavy atom. The van der Waals surface area contributed by atoms with Crippen LogP contribution in [0.25, 0.3) is 0 Å². The Balaban J connectivity index is 1.60. The van der Waals surface area contributed by atoms with Crippen molar-refractivity contribution < 1.29 is 0 Å². The number of hydrogen-bond acceptors (Lipinski definition) is 4. The summed E-state index contributed by atoms with van der Waals surface area (Å²) in [4.78, 5) is 5.15. The lowest BCUT2D eigenvalue weighted by Gasteiger charge is -2.32. The predicted molar refractivity (Wildman–Crippen MR) is 62.7 cm³/mol. The molecular formula is C10H21N3S. The highest BCUT2D eigenvalue weighted by Gasteiger charge is 2.16. The summed E-state index contributed by atoms with van der Waals surface area (Å²) in [6.07, 6.45) is 2.81. The van der Waals surface area contributed by atoms with Crippen LogP contribution in [0.15, 0.2) is 0 Å². The molecule has 0 aromatic heterocycles. The van der Waals surface area contributed by atoms with Crippen molar-refractivity contribution in [2.45, 2.75) is 12.8 Å². The molecule has 0 aromatic carbocycles. The van der Waals surface area contributed by atoms with Crippen molar-refractivity contribution in [3.05, 3.63) is 0 Å². The molecule has 2 rings (SSSR count). The van der Waals surface area contributed by atoms with Crippen LogP contribution >= 0.6 is 12.8 Å². The molecule has 0 amide bonds. The summed E-state index contributed by atoms with van der Waals surface area (Å²) in [6, 6.07) is 0. The summed E-state index contributed by atoms with van der Waals surface area (Å²) >= 11 is 4.35. The number of nitrogens with zero attached hydrogens (tertiary/aromatic N) is 3. The van der Waals surface area contributed by atoms with E-state index in [1.54, 1.807) is 0 Å². The minimum absolute atomic E-state index is 1.11. The Bertz CT molecular complexity index is 163. The van der Waals surface area contributed by atoms with E-state index in [-0.39, 0.29) is 0 Å². The van der Waals surface area contributed by atoms with Gasteiger partial charge in [-0.2, -0.15) is 0 Å². The van der Waals surface area contributed by atoms with Crippen molar-refractivity contribution in [1.82, 2.24) is 14.1 Å². The summed E-state index contributed by atoms with van der Waals surface area (Å²) in [6.45, 7) is 9.79. The number of likely N-dealkylation sites (tertiary alicyclic amines) is 1. The van der Waals surface area contributed by atoms with Gasteiger partial charge in [-0.15, -0.1) is 0 Å². The van der Waals surface area contributed by atoms with Gasteiger partial charge in [0.05, 0.1) is 0 Å². The zero-order valence-corrected chi connectivity index (χ0v) is 9.75. The third-order valence-corrected chi connectivity index (χ3v) is 3.68. The van der Waals surface area contributed by atoms with E-state index in [2.05, 4.69) is 26.9 Å². The molecule has 2 aliphatic rings. The van der Waals surface area contributed by atoms with Crippen molar-refractivity contribution in [2.75, 3.05) is 52.4 Å². The van der Waals surface area contributed by atoms with Gasteiger partial charge in [0.15, 0.2) is 0 Å². The molecule has 0 aliphatic carbocycles. The zero-order chi connectivity index (χ0) is 9.80. The zero-order valence-electron chi connectivity index (χ0n) is 8.86. The molecule has 2 aliphatic heterocycles. The van der Waals surface area contributed by atoms with Gasteiger partial charge in [-0.3, -0.25) is 9.21 Å². The van der Waals surface area contributed by atoms with E-state index in [1.165, 1.54) is 52.1 Å². The van der Waals surface area contributed by atoms with Crippen LogP contribution < -0.4 is 0 Å². The first-order valence-electron chi connectivity index (χ1n) is 5.73. The van der Waals surface area contributed by atoms with E-state index >= 15 is 0 Å². The lowest BCUT2D eigenvalue weighted by Crippen LogP contribution is -2.45. The van der Waals surface area contributed by atoms with Crippen molar-refractivity contribution >= 4 is 12.8 Å². The van der Waals surface area contributed by atoms with Crippen LogP contribution in [-0.2, 0) is 0 Å². The Labute approximate surface area is 92.6 Å². The third kappa shape index (κ3) is 3.12. The van der Waals surface area contributed by atoms with Crippen LogP contribution in [0, 0.1) is 0 Å². The van der Waals surface area contributed by atoms with E-state index in [0.29, 0.717) is 0 Å². The highest BCUT2D eigenvalue weighted by Crippen LogP contribution is 2.08. The fraction of sp³-hybridized carbons (Fsp3) is 1.00. The molecule has 2 heterocycles. The summed E-state index contributed by atoms with van der Waals surface area (Å²) in [5.74, 6) is 0. The van der Waals surface area contributed by atoms with Crippen LogP contribution in [0.2, 0.25) is 0 Å². The quantitative estimate of drug-likeness (QED) is 0.689. The summed E-state index contributed by atoms with van der Waals surface area (Å²) in [5.41, 5.74) is 0. The fourth-order valence-electron chi connectivity index (χ4n) is 2.25. The smallest absolute Gasteiger partial charge is 0.0215 e. The second-order valence-corrected chi connectivity index (χ2v) is 4.91. The lowest BCUT2D eigenvalue weighted by molar-refractivity contribution is 0.175. The number of piperazine rings is 1. The van der Waals surface area contributed by atoms with Gasteiger partial charge in [0.2, 0.25) is 0 Å². The maximum atomic E-state index is 4.35. The van der Waals surface area contributed by atoms with Crippen molar-refractivity contribution in [2.24, 2.45) is 0 Å². The molecule has 0 radical (unpaired) electrons. The maximum Gasteiger partial charge on any atom is 0.0215 e. The fourth-order valence-corrected chi connectivity index (χ4v) is 2.43. The van der Waals surface area contributed by atoms with Crippen LogP contribution in [-0.4, -0.2) is 66.5 Å². The molecular weight excluding hydrogens is 194 g/mol. The average Bonchev–Trinajstić information content (AvgIpc) is 2.70. The molecule has 0 saturated carbocycles. The lowest BCUT2D eigenvalue weighted by atomic mass is 10.3. The van der Waals surface area contributed by atoms with E-state index in [0.717, 1.165) is 13.1 Å². The summed E-state index contributed by atoms with van der Waals surface area (Å²) < 4.78 is 2.12. The largest absolute Gasteiger partial charge is 0.302 e. The van der Waals surface area contributed by atoms with Gasteiger partial charge >= 0.3 is 0 Å².